The summed E-state index contributed by atoms with van der Waals surface area (Å²) in [4.78, 5) is 0.156. The van der Waals surface area contributed by atoms with Crippen LogP contribution in [0.1, 0.15) is 16.7 Å². The zero-order valence-electron chi connectivity index (χ0n) is 15.2. The number of hydrogen-bond donors (Lipinski definition) is 1. The summed E-state index contributed by atoms with van der Waals surface area (Å²) < 4.78 is 28.4. The molecule has 0 saturated carbocycles. The molecule has 7 heteroatoms. The summed E-state index contributed by atoms with van der Waals surface area (Å²) in [6, 6.07) is 25.1. The van der Waals surface area contributed by atoms with Gasteiger partial charge in [0.05, 0.1) is 4.90 Å². The molecule has 0 heterocycles. The molecule has 1 atom stereocenters. The summed E-state index contributed by atoms with van der Waals surface area (Å²) in [5, 5.41) is 0. The molecule has 0 aromatic heterocycles. The minimum atomic E-state index is -3.84. The second-order valence-electron chi connectivity index (χ2n) is 6.35. The summed E-state index contributed by atoms with van der Waals surface area (Å²) in [5.74, 6) is 0. The number of aryl methyl sites for hydroxylation is 1. The van der Waals surface area contributed by atoms with E-state index in [1.54, 1.807) is 36.4 Å². The van der Waals surface area contributed by atoms with Crippen LogP contribution in [0.25, 0.3) is 5.73 Å². The first-order valence-corrected chi connectivity index (χ1v) is 12.2. The van der Waals surface area contributed by atoms with Crippen molar-refractivity contribution in [3.05, 3.63) is 107 Å². The molecule has 0 saturated heterocycles. The van der Waals surface area contributed by atoms with Crippen molar-refractivity contribution in [1.29, 1.82) is 0 Å². The molecular weight excluding hydrogens is 481 g/mol. The van der Waals surface area contributed by atoms with Crippen LogP contribution in [0.4, 0.5) is 0 Å². The van der Waals surface area contributed by atoms with Gasteiger partial charge in [-0.3, -0.25) is 0 Å². The van der Waals surface area contributed by atoms with E-state index in [9.17, 15) is 8.42 Å². The molecule has 0 radical (unpaired) electrons. The van der Waals surface area contributed by atoms with Gasteiger partial charge < -0.3 is 5.73 Å². The zero-order valence-corrected chi connectivity index (χ0v) is 18.6. The third kappa shape index (κ3) is 5.97. The zero-order chi connectivity index (χ0) is 20.6. The molecule has 0 unspecified atom stereocenters. The molecule has 3 aromatic rings. The van der Waals surface area contributed by atoms with Crippen LogP contribution < -0.4 is 4.72 Å². The predicted octanol–water partition coefficient (Wildman–Crippen LogP) is 5.11. The third-order valence-electron chi connectivity index (χ3n) is 4.22. The maximum atomic E-state index is 12.9. The van der Waals surface area contributed by atoms with Crippen molar-refractivity contribution in [2.24, 2.45) is 0 Å². The molecule has 0 aliphatic rings. The summed E-state index contributed by atoms with van der Waals surface area (Å²) >= 11 is 1.82. The summed E-state index contributed by atoms with van der Waals surface area (Å²) in [6.45, 7) is 1.90. The molecular formula is C21H21ClN2O2RuS. The van der Waals surface area contributed by atoms with Crippen molar-refractivity contribution >= 4 is 19.7 Å². The van der Waals surface area contributed by atoms with Gasteiger partial charge in [-0.15, -0.1) is 0 Å². The van der Waals surface area contributed by atoms with E-state index in [1.807, 2.05) is 72.8 Å². The summed E-state index contributed by atoms with van der Waals surface area (Å²) in [7, 11) is 0.728. The Balaban J connectivity index is 0.00000136. The fraction of sp³-hybridized carbons (Fsp3) is 0.143. The first-order valence-electron chi connectivity index (χ1n) is 8.48. The van der Waals surface area contributed by atoms with Crippen molar-refractivity contribution in [2.45, 2.75) is 23.9 Å². The molecule has 0 fully saturated rings. The monoisotopic (exact) mass is 502 g/mol. The van der Waals surface area contributed by atoms with Gasteiger partial charge in [-0.25, -0.2) is 13.1 Å². The fourth-order valence-corrected chi connectivity index (χ4v) is 4.09. The Kier molecular flexibility index (Phi) is 8.35. The molecule has 0 amide bonds. The van der Waals surface area contributed by atoms with E-state index < -0.39 is 15.7 Å². The molecule has 0 bridgehead atoms. The third-order valence-corrected chi connectivity index (χ3v) is 5.73. The molecule has 0 aliphatic heterocycles. The van der Waals surface area contributed by atoms with Gasteiger partial charge >= 0.3 is 27.0 Å². The topological polar surface area (TPSA) is 70.0 Å². The van der Waals surface area contributed by atoms with E-state index in [0.717, 1.165) is 11.1 Å². The molecule has 28 heavy (non-hydrogen) atoms. The molecule has 3 aromatic carbocycles. The summed E-state index contributed by atoms with van der Waals surface area (Å²) in [6.07, 6.45) is 0.225. The van der Waals surface area contributed by atoms with E-state index in [4.69, 9.17) is 5.73 Å². The Morgan fingerprint density at radius 1 is 0.893 bits per heavy atom. The first kappa shape index (κ1) is 22.7. The average molecular weight is 502 g/mol. The Hall–Kier alpha value is -1.56. The van der Waals surface area contributed by atoms with Crippen molar-refractivity contribution < 1.29 is 25.7 Å². The van der Waals surface area contributed by atoms with Gasteiger partial charge in [-0.2, -0.15) is 0 Å². The van der Waals surface area contributed by atoms with Crippen molar-refractivity contribution in [3.8, 4) is 0 Å². The fourth-order valence-electron chi connectivity index (χ4n) is 2.83. The van der Waals surface area contributed by atoms with Crippen LogP contribution in [-0.4, -0.2) is 8.42 Å². The number of hydrogen-bond acceptors (Lipinski definition) is 2. The Morgan fingerprint density at radius 2 is 1.39 bits per heavy atom. The van der Waals surface area contributed by atoms with Gasteiger partial charge in [0.25, 0.3) is 0 Å². The van der Waals surface area contributed by atoms with Gasteiger partial charge in [-0.1, -0.05) is 78.4 Å². The van der Waals surface area contributed by atoms with E-state index in [1.165, 1.54) is 0 Å². The van der Waals surface area contributed by atoms with E-state index >= 15 is 0 Å². The van der Waals surface area contributed by atoms with Crippen LogP contribution in [0.2, 0.25) is 0 Å². The van der Waals surface area contributed by atoms with Crippen molar-refractivity contribution in [2.75, 3.05) is 0 Å². The number of rotatable bonds is 6. The van der Waals surface area contributed by atoms with Gasteiger partial charge in [-0.05, 0) is 42.3 Å². The number of nitrogens with one attached hydrogen (secondary N) is 2. The van der Waals surface area contributed by atoms with Crippen molar-refractivity contribution in [1.82, 2.24) is 4.72 Å². The average Bonchev–Trinajstić information content (AvgIpc) is 2.71. The van der Waals surface area contributed by atoms with Crippen LogP contribution in [0.15, 0.2) is 89.8 Å². The van der Waals surface area contributed by atoms with Crippen LogP contribution in [0, 0.1) is 6.92 Å². The van der Waals surface area contributed by atoms with Crippen LogP contribution >= 0.6 is 9.69 Å². The summed E-state index contributed by atoms with van der Waals surface area (Å²) in [5.41, 5.74) is 9.91. The van der Waals surface area contributed by atoms with E-state index in [2.05, 4.69) is 14.4 Å². The van der Waals surface area contributed by atoms with Crippen LogP contribution in [0.3, 0.4) is 0 Å². The van der Waals surface area contributed by atoms with Gasteiger partial charge in [0.2, 0.25) is 10.0 Å². The molecule has 148 valence electrons. The first-order chi connectivity index (χ1) is 13.4. The molecule has 4 nitrogen and oxygen atoms in total. The molecule has 3 rings (SSSR count). The standard InChI is InChI=1S/C21H21N2O2S.ClH.Ru/c1-17-12-14-20(15-13-17)26(24,25)23-21(22,19-10-6-3-7-11-19)16-18-8-4-2-5-9-18;;/h2-15,22-23H,16H2,1H3;1H;/q-1;;+2/p-1/t21-;;/m0../s1. The van der Waals surface area contributed by atoms with E-state index in [0.29, 0.717) is 5.56 Å². The molecule has 0 aliphatic carbocycles. The van der Waals surface area contributed by atoms with Crippen molar-refractivity contribution in [3.63, 3.8) is 0 Å². The van der Waals surface area contributed by atoms with Gasteiger partial charge in [0, 0.05) is 0 Å². The van der Waals surface area contributed by atoms with Gasteiger partial charge in [0.15, 0.2) is 0 Å². The minimum absolute atomic E-state index is 0.156. The Morgan fingerprint density at radius 3 is 1.93 bits per heavy atom. The maximum absolute atomic E-state index is 12.9. The Labute approximate surface area is 180 Å². The number of sulfonamides is 1. The second-order valence-corrected chi connectivity index (χ2v) is 8.03. The van der Waals surface area contributed by atoms with Gasteiger partial charge in [0.1, 0.15) is 0 Å². The van der Waals surface area contributed by atoms with Crippen LogP contribution in [-0.2, 0) is 39.4 Å². The van der Waals surface area contributed by atoms with Crippen LogP contribution in [0.5, 0.6) is 0 Å². The molecule has 2 N–H and O–H groups in total. The number of halogens is 1. The molecule has 0 spiro atoms. The normalized spacial score (nSPS) is 13.1. The Bertz CT molecular complexity index is 968. The SMILES string of the molecule is Cc1ccc(S(=O)(=O)N[C@@]([NH-])(Cc2ccccc2)c2ccccc2)cc1.[Cl][Ru+]. The quantitative estimate of drug-likeness (QED) is 0.477. The second kappa shape index (κ2) is 10.3. The predicted molar refractivity (Wildman–Crippen MR) is 110 cm³/mol. The van der Waals surface area contributed by atoms with E-state index in [-0.39, 0.29) is 11.3 Å². The number of benzene rings is 3.